The highest BCUT2D eigenvalue weighted by Gasteiger charge is 2.00. The Morgan fingerprint density at radius 2 is 2.20 bits per heavy atom. The summed E-state index contributed by atoms with van der Waals surface area (Å²) in [4.78, 5) is 12.4. The third-order valence-electron chi connectivity index (χ3n) is 1.63. The van der Waals surface area contributed by atoms with E-state index in [0.717, 1.165) is 10.5 Å². The minimum absolute atomic E-state index is 0.139. The maximum Gasteiger partial charge on any atom is 0.165 e. The van der Waals surface area contributed by atoms with Crippen molar-refractivity contribution in [1.82, 2.24) is 0 Å². The third-order valence-corrected chi connectivity index (χ3v) is 2.88. The van der Waals surface area contributed by atoms with Crippen molar-refractivity contribution < 1.29 is 4.79 Å². The molecular formula is C12H13ClOS. The van der Waals surface area contributed by atoms with Gasteiger partial charge in [0.15, 0.2) is 5.78 Å². The summed E-state index contributed by atoms with van der Waals surface area (Å²) in [5.41, 5.74) is 1.03. The van der Waals surface area contributed by atoms with Gasteiger partial charge < -0.3 is 0 Å². The van der Waals surface area contributed by atoms with Crippen LogP contribution in [-0.2, 0) is 4.79 Å². The number of rotatable bonds is 4. The van der Waals surface area contributed by atoms with E-state index in [2.05, 4.69) is 0 Å². The fourth-order valence-corrected chi connectivity index (χ4v) is 2.11. The Kier molecular flexibility index (Phi) is 4.92. The van der Waals surface area contributed by atoms with E-state index >= 15 is 0 Å². The molecule has 0 heterocycles. The molecule has 0 spiro atoms. The van der Waals surface area contributed by atoms with Crippen molar-refractivity contribution in [3.05, 3.63) is 40.9 Å². The molecule has 0 radical (unpaired) electrons. The minimum atomic E-state index is 0.139. The van der Waals surface area contributed by atoms with Crippen LogP contribution in [0.25, 0.3) is 0 Å². The molecule has 0 saturated carbocycles. The van der Waals surface area contributed by atoms with Crippen molar-refractivity contribution in [2.75, 3.05) is 5.75 Å². The second-order valence-corrected chi connectivity index (χ2v) is 4.92. The van der Waals surface area contributed by atoms with Gasteiger partial charge in [0.25, 0.3) is 0 Å². The number of allylic oxidation sites excluding steroid dienone is 2. The van der Waals surface area contributed by atoms with Gasteiger partial charge in [0, 0.05) is 9.92 Å². The van der Waals surface area contributed by atoms with Crippen molar-refractivity contribution in [2.45, 2.75) is 18.7 Å². The molecule has 0 aliphatic heterocycles. The summed E-state index contributed by atoms with van der Waals surface area (Å²) in [5, 5.41) is 0.703. The molecule has 0 aromatic heterocycles. The second kappa shape index (κ2) is 5.99. The molecule has 1 aromatic rings. The van der Waals surface area contributed by atoms with Gasteiger partial charge in [-0.3, -0.25) is 4.79 Å². The summed E-state index contributed by atoms with van der Waals surface area (Å²) in [5.74, 6) is 0.603. The summed E-state index contributed by atoms with van der Waals surface area (Å²) in [6.45, 7) is 3.84. The first-order valence-corrected chi connectivity index (χ1v) is 6.00. The van der Waals surface area contributed by atoms with Gasteiger partial charge in [-0.2, -0.15) is 0 Å². The van der Waals surface area contributed by atoms with Gasteiger partial charge in [-0.25, -0.2) is 0 Å². The molecule has 0 atom stereocenters. The van der Waals surface area contributed by atoms with Gasteiger partial charge in [0.1, 0.15) is 0 Å². The first-order valence-electron chi connectivity index (χ1n) is 4.64. The van der Waals surface area contributed by atoms with Crippen LogP contribution in [-0.4, -0.2) is 11.5 Å². The second-order valence-electron chi connectivity index (χ2n) is 3.43. The number of hydrogen-bond donors (Lipinski definition) is 0. The maximum atomic E-state index is 11.4. The first kappa shape index (κ1) is 12.3. The monoisotopic (exact) mass is 240 g/mol. The first-order chi connectivity index (χ1) is 7.08. The number of carbonyl (C=O) groups is 1. The Morgan fingerprint density at radius 1 is 1.47 bits per heavy atom. The molecule has 0 N–H and O–H groups in total. The molecule has 0 amide bonds. The lowest BCUT2D eigenvalue weighted by Gasteiger charge is -1.99. The van der Waals surface area contributed by atoms with E-state index < -0.39 is 0 Å². The fourth-order valence-electron chi connectivity index (χ4n) is 1.07. The molecule has 0 saturated heterocycles. The number of thioether (sulfide) groups is 1. The highest BCUT2D eigenvalue weighted by atomic mass is 35.5. The standard InChI is InChI=1S/C12H13ClOS/c1-9(2)6-11(14)8-15-12-5-3-4-10(13)7-12/h3-7H,8H2,1-2H3. The van der Waals surface area contributed by atoms with Gasteiger partial charge in [-0.05, 0) is 38.1 Å². The SMILES string of the molecule is CC(C)=CC(=O)CSc1cccc(Cl)c1. The van der Waals surface area contributed by atoms with Crippen molar-refractivity contribution in [1.29, 1.82) is 0 Å². The molecular weight excluding hydrogens is 228 g/mol. The highest BCUT2D eigenvalue weighted by Crippen LogP contribution is 2.21. The Balaban J connectivity index is 2.51. The lowest BCUT2D eigenvalue weighted by atomic mass is 10.3. The van der Waals surface area contributed by atoms with E-state index in [1.54, 1.807) is 6.08 Å². The van der Waals surface area contributed by atoms with Crippen molar-refractivity contribution in [2.24, 2.45) is 0 Å². The van der Waals surface area contributed by atoms with E-state index in [1.807, 2.05) is 38.1 Å². The van der Waals surface area contributed by atoms with Gasteiger partial charge in [0.05, 0.1) is 5.75 Å². The van der Waals surface area contributed by atoms with Crippen LogP contribution in [0.1, 0.15) is 13.8 Å². The van der Waals surface area contributed by atoms with E-state index in [0.29, 0.717) is 10.8 Å². The number of carbonyl (C=O) groups excluding carboxylic acids is 1. The smallest absolute Gasteiger partial charge is 0.165 e. The predicted molar refractivity (Wildman–Crippen MR) is 66.6 cm³/mol. The lowest BCUT2D eigenvalue weighted by molar-refractivity contribution is -0.112. The van der Waals surface area contributed by atoms with Crippen LogP contribution in [0.4, 0.5) is 0 Å². The van der Waals surface area contributed by atoms with Crippen LogP contribution in [0.2, 0.25) is 5.02 Å². The van der Waals surface area contributed by atoms with Crippen molar-refractivity contribution >= 4 is 29.1 Å². The van der Waals surface area contributed by atoms with Gasteiger partial charge in [-0.1, -0.05) is 23.2 Å². The molecule has 15 heavy (non-hydrogen) atoms. The summed E-state index contributed by atoms with van der Waals surface area (Å²) in [6.07, 6.45) is 1.66. The largest absolute Gasteiger partial charge is 0.294 e. The molecule has 0 aliphatic carbocycles. The predicted octanol–water partition coefficient (Wildman–Crippen LogP) is 3.97. The summed E-state index contributed by atoms with van der Waals surface area (Å²) in [6, 6.07) is 7.52. The summed E-state index contributed by atoms with van der Waals surface area (Å²) in [7, 11) is 0. The Morgan fingerprint density at radius 3 is 2.80 bits per heavy atom. The zero-order valence-electron chi connectivity index (χ0n) is 8.79. The molecule has 0 fully saturated rings. The highest BCUT2D eigenvalue weighted by molar-refractivity contribution is 8.00. The summed E-state index contributed by atoms with van der Waals surface area (Å²) < 4.78 is 0. The average Bonchev–Trinajstić information content (AvgIpc) is 2.14. The number of halogens is 1. The fraction of sp³-hybridized carbons (Fsp3) is 0.250. The van der Waals surface area contributed by atoms with Crippen molar-refractivity contribution in [3.8, 4) is 0 Å². The average molecular weight is 241 g/mol. The van der Waals surface area contributed by atoms with E-state index in [4.69, 9.17) is 11.6 Å². The number of hydrogen-bond acceptors (Lipinski definition) is 2. The lowest BCUT2D eigenvalue weighted by Crippen LogP contribution is -1.96. The zero-order valence-corrected chi connectivity index (χ0v) is 10.4. The van der Waals surface area contributed by atoms with Crippen LogP contribution in [0.15, 0.2) is 40.8 Å². The molecule has 80 valence electrons. The Bertz CT molecular complexity index is 381. The van der Waals surface area contributed by atoms with E-state index in [-0.39, 0.29) is 5.78 Å². The third kappa shape index (κ3) is 5.05. The van der Waals surface area contributed by atoms with E-state index in [9.17, 15) is 4.79 Å². The topological polar surface area (TPSA) is 17.1 Å². The minimum Gasteiger partial charge on any atom is -0.294 e. The van der Waals surface area contributed by atoms with Crippen LogP contribution < -0.4 is 0 Å². The molecule has 1 nitrogen and oxygen atoms in total. The van der Waals surface area contributed by atoms with Gasteiger partial charge >= 0.3 is 0 Å². The van der Waals surface area contributed by atoms with Gasteiger partial charge in [0.2, 0.25) is 0 Å². The number of benzene rings is 1. The molecule has 0 aliphatic rings. The van der Waals surface area contributed by atoms with Crippen molar-refractivity contribution in [3.63, 3.8) is 0 Å². The van der Waals surface area contributed by atoms with Crippen LogP contribution in [0, 0.1) is 0 Å². The molecule has 0 unspecified atom stereocenters. The molecule has 1 aromatic carbocycles. The van der Waals surface area contributed by atoms with Crippen LogP contribution >= 0.6 is 23.4 Å². The normalized spacial score (nSPS) is 9.80. The molecule has 3 heteroatoms. The summed E-state index contributed by atoms with van der Waals surface area (Å²) >= 11 is 7.34. The maximum absolute atomic E-state index is 11.4. The quantitative estimate of drug-likeness (QED) is 0.585. The molecule has 0 bridgehead atoms. The van der Waals surface area contributed by atoms with E-state index in [1.165, 1.54) is 11.8 Å². The van der Waals surface area contributed by atoms with Gasteiger partial charge in [-0.15, -0.1) is 11.8 Å². The molecule has 1 rings (SSSR count). The Labute approximate surface area is 99.5 Å². The van der Waals surface area contributed by atoms with Crippen LogP contribution in [0.5, 0.6) is 0 Å². The zero-order chi connectivity index (χ0) is 11.3. The van der Waals surface area contributed by atoms with Crippen LogP contribution in [0.3, 0.4) is 0 Å². The number of ketones is 1. The Hall–Kier alpha value is -0.730.